The van der Waals surface area contributed by atoms with E-state index in [0.717, 1.165) is 6.42 Å². The van der Waals surface area contributed by atoms with Crippen molar-refractivity contribution in [3.63, 3.8) is 0 Å². The van der Waals surface area contributed by atoms with Crippen LogP contribution in [0.2, 0.25) is 0 Å². The number of allylic oxidation sites excluding steroid dienone is 1. The summed E-state index contributed by atoms with van der Waals surface area (Å²) in [5.74, 6) is -2.20. The van der Waals surface area contributed by atoms with Crippen molar-refractivity contribution in [2.24, 2.45) is 0 Å². The van der Waals surface area contributed by atoms with Crippen molar-refractivity contribution in [3.8, 4) is 0 Å². The number of Topliss-reactive ketones (excluding diaryl/α,β-unsaturated/α-hetero) is 1. The minimum Gasteiger partial charge on any atom is -0.481 e. The lowest BCUT2D eigenvalue weighted by Gasteiger charge is -1.87. The number of carbonyl (C=O) groups is 3. The molecule has 0 atom stereocenters. The van der Waals surface area contributed by atoms with Gasteiger partial charge in [-0.05, 0) is 20.3 Å². The molecule has 0 aromatic heterocycles. The van der Waals surface area contributed by atoms with E-state index in [1.165, 1.54) is 6.92 Å². The average molecular weight is 216 g/mol. The van der Waals surface area contributed by atoms with Crippen LogP contribution in [0.15, 0.2) is 11.6 Å². The Morgan fingerprint density at radius 1 is 1.13 bits per heavy atom. The molecule has 0 bridgehead atoms. The Balaban J connectivity index is 0. The number of carboxylic acid groups (broad SMARTS) is 2. The first-order valence-electron chi connectivity index (χ1n) is 4.42. The van der Waals surface area contributed by atoms with Gasteiger partial charge < -0.3 is 10.2 Å². The predicted octanol–water partition coefficient (Wildman–Crippen LogP) is 1.48. The third-order valence-corrected chi connectivity index (χ3v) is 1.25. The summed E-state index contributed by atoms with van der Waals surface area (Å²) in [7, 11) is 0. The summed E-state index contributed by atoms with van der Waals surface area (Å²) >= 11 is 0. The molecule has 0 aromatic carbocycles. The number of hydrogen-bond donors (Lipinski definition) is 2. The number of carboxylic acids is 2. The van der Waals surface area contributed by atoms with Crippen LogP contribution in [0.3, 0.4) is 0 Å². The Labute approximate surface area is 88.4 Å². The van der Waals surface area contributed by atoms with E-state index in [-0.39, 0.29) is 12.2 Å². The quantitative estimate of drug-likeness (QED) is 0.548. The van der Waals surface area contributed by atoms with E-state index >= 15 is 0 Å². The van der Waals surface area contributed by atoms with E-state index in [2.05, 4.69) is 0 Å². The monoisotopic (exact) mass is 216 g/mol. The van der Waals surface area contributed by atoms with Crippen LogP contribution in [0.1, 0.15) is 33.6 Å². The van der Waals surface area contributed by atoms with Crippen LogP contribution in [0.25, 0.3) is 0 Å². The predicted molar refractivity (Wildman–Crippen MR) is 54.6 cm³/mol. The fraction of sp³-hybridized carbons (Fsp3) is 0.500. The first-order chi connectivity index (χ1) is 6.81. The smallest absolute Gasteiger partial charge is 0.330 e. The van der Waals surface area contributed by atoms with Crippen LogP contribution >= 0.6 is 0 Å². The standard InChI is InChI=1S/C6H10O2.C4H6O3/c1-3-4-5(2)6(7)8;1-3(5)2-4(6)7/h4H,3H2,1-2H3,(H,7,8);2H2,1H3,(H,6,7). The Bertz CT molecular complexity index is 253. The molecule has 0 unspecified atom stereocenters. The molecule has 0 radical (unpaired) electrons. The van der Waals surface area contributed by atoms with Gasteiger partial charge in [0.2, 0.25) is 0 Å². The molecule has 0 saturated carbocycles. The van der Waals surface area contributed by atoms with Crippen molar-refractivity contribution in [1.82, 2.24) is 0 Å². The zero-order valence-corrected chi connectivity index (χ0v) is 9.11. The van der Waals surface area contributed by atoms with Gasteiger partial charge in [0.05, 0.1) is 0 Å². The number of aliphatic carboxylic acids is 2. The molecule has 5 heteroatoms. The van der Waals surface area contributed by atoms with Gasteiger partial charge in [0.1, 0.15) is 12.2 Å². The van der Waals surface area contributed by atoms with E-state index < -0.39 is 11.9 Å². The second-order valence-corrected chi connectivity index (χ2v) is 2.87. The van der Waals surface area contributed by atoms with Crippen LogP contribution in [0, 0.1) is 0 Å². The zero-order valence-electron chi connectivity index (χ0n) is 9.11. The third-order valence-electron chi connectivity index (χ3n) is 1.25. The Kier molecular flexibility index (Phi) is 9.41. The Morgan fingerprint density at radius 2 is 1.60 bits per heavy atom. The lowest BCUT2D eigenvalue weighted by Crippen LogP contribution is -2.00. The van der Waals surface area contributed by atoms with Gasteiger partial charge in [0, 0.05) is 5.57 Å². The number of carbonyl (C=O) groups excluding carboxylic acids is 1. The van der Waals surface area contributed by atoms with Gasteiger partial charge in [0.15, 0.2) is 0 Å². The molecular weight excluding hydrogens is 200 g/mol. The fourth-order valence-corrected chi connectivity index (χ4v) is 0.606. The molecule has 0 aliphatic heterocycles. The molecule has 0 rings (SSSR count). The third kappa shape index (κ3) is 15.1. The molecule has 15 heavy (non-hydrogen) atoms. The van der Waals surface area contributed by atoms with Gasteiger partial charge >= 0.3 is 11.9 Å². The van der Waals surface area contributed by atoms with E-state index in [9.17, 15) is 14.4 Å². The van der Waals surface area contributed by atoms with Crippen molar-refractivity contribution in [3.05, 3.63) is 11.6 Å². The van der Waals surface area contributed by atoms with Gasteiger partial charge in [-0.2, -0.15) is 0 Å². The minimum absolute atomic E-state index is 0.312. The second-order valence-electron chi connectivity index (χ2n) is 2.87. The minimum atomic E-state index is -1.06. The van der Waals surface area contributed by atoms with E-state index in [4.69, 9.17) is 10.2 Å². The molecule has 5 nitrogen and oxygen atoms in total. The van der Waals surface area contributed by atoms with Gasteiger partial charge in [-0.15, -0.1) is 0 Å². The van der Waals surface area contributed by atoms with Crippen LogP contribution < -0.4 is 0 Å². The molecule has 0 fully saturated rings. The van der Waals surface area contributed by atoms with Crippen molar-refractivity contribution >= 4 is 17.7 Å². The molecular formula is C10H16O5. The molecule has 86 valence electrons. The van der Waals surface area contributed by atoms with Gasteiger partial charge in [-0.1, -0.05) is 13.0 Å². The highest BCUT2D eigenvalue weighted by molar-refractivity contribution is 5.93. The van der Waals surface area contributed by atoms with Crippen molar-refractivity contribution < 1.29 is 24.6 Å². The summed E-state index contributed by atoms with van der Waals surface area (Å²) in [6.07, 6.45) is 2.11. The van der Waals surface area contributed by atoms with E-state index in [1.807, 2.05) is 6.92 Å². The maximum atomic E-state index is 10.0. The first-order valence-corrected chi connectivity index (χ1v) is 4.42. The normalized spacial score (nSPS) is 9.93. The summed E-state index contributed by atoms with van der Waals surface area (Å²) in [6.45, 7) is 4.74. The molecule has 0 aliphatic rings. The highest BCUT2D eigenvalue weighted by Crippen LogP contribution is 1.92. The van der Waals surface area contributed by atoms with Crippen molar-refractivity contribution in [2.45, 2.75) is 33.6 Å². The van der Waals surface area contributed by atoms with Crippen LogP contribution in [0.4, 0.5) is 0 Å². The van der Waals surface area contributed by atoms with Gasteiger partial charge in [-0.25, -0.2) is 4.79 Å². The first kappa shape index (κ1) is 15.8. The average Bonchev–Trinajstić information content (AvgIpc) is 2.02. The Hall–Kier alpha value is -1.65. The fourth-order valence-electron chi connectivity index (χ4n) is 0.606. The summed E-state index contributed by atoms with van der Waals surface area (Å²) in [5.41, 5.74) is 0.424. The van der Waals surface area contributed by atoms with Crippen LogP contribution in [-0.2, 0) is 14.4 Å². The topological polar surface area (TPSA) is 91.7 Å². The van der Waals surface area contributed by atoms with Crippen molar-refractivity contribution in [1.29, 1.82) is 0 Å². The number of hydrogen-bond acceptors (Lipinski definition) is 3. The largest absolute Gasteiger partial charge is 0.481 e. The van der Waals surface area contributed by atoms with Gasteiger partial charge in [-0.3, -0.25) is 9.59 Å². The number of ketones is 1. The summed E-state index contributed by atoms with van der Waals surface area (Å²) in [4.78, 5) is 29.5. The lowest BCUT2D eigenvalue weighted by molar-refractivity contribution is -0.139. The highest BCUT2D eigenvalue weighted by Gasteiger charge is 1.98. The number of rotatable bonds is 4. The zero-order chi connectivity index (χ0) is 12.4. The summed E-state index contributed by atoms with van der Waals surface area (Å²) in [6, 6.07) is 0. The lowest BCUT2D eigenvalue weighted by atomic mass is 10.2. The molecule has 0 heterocycles. The summed E-state index contributed by atoms with van der Waals surface area (Å²) < 4.78 is 0. The molecule has 0 aromatic rings. The second kappa shape index (κ2) is 8.93. The van der Waals surface area contributed by atoms with Crippen LogP contribution in [0.5, 0.6) is 0 Å². The molecule has 2 N–H and O–H groups in total. The molecule has 0 aliphatic carbocycles. The summed E-state index contributed by atoms with van der Waals surface area (Å²) in [5, 5.41) is 16.1. The van der Waals surface area contributed by atoms with E-state index in [1.54, 1.807) is 13.0 Å². The van der Waals surface area contributed by atoms with E-state index in [0.29, 0.717) is 5.57 Å². The maximum absolute atomic E-state index is 10.0. The van der Waals surface area contributed by atoms with Gasteiger partial charge in [0.25, 0.3) is 0 Å². The highest BCUT2D eigenvalue weighted by atomic mass is 16.4. The molecule has 0 amide bonds. The SMILES string of the molecule is CC(=O)CC(=O)O.CCC=C(C)C(=O)O. The van der Waals surface area contributed by atoms with Crippen LogP contribution in [-0.4, -0.2) is 27.9 Å². The van der Waals surface area contributed by atoms with Crippen molar-refractivity contribution in [2.75, 3.05) is 0 Å². The molecule has 0 spiro atoms. The maximum Gasteiger partial charge on any atom is 0.330 e. The Morgan fingerprint density at radius 3 is 1.67 bits per heavy atom. The molecule has 0 saturated heterocycles.